The molecule has 3 rings (SSSR count). The maximum Gasteiger partial charge on any atom is 0.259 e. The average Bonchev–Trinajstić information content (AvgIpc) is 3.17. The number of benzene rings is 1. The smallest absolute Gasteiger partial charge is 0.259 e. The summed E-state index contributed by atoms with van der Waals surface area (Å²) in [6, 6.07) is 6.02. The van der Waals surface area contributed by atoms with Gasteiger partial charge in [0.15, 0.2) is 5.78 Å². The number of ether oxygens (including phenoxy) is 1. The van der Waals surface area contributed by atoms with E-state index in [-0.39, 0.29) is 22.8 Å². The summed E-state index contributed by atoms with van der Waals surface area (Å²) < 4.78 is 4.99. The van der Waals surface area contributed by atoms with Gasteiger partial charge < -0.3 is 20.3 Å². The van der Waals surface area contributed by atoms with E-state index in [1.807, 2.05) is 0 Å². The second kappa shape index (κ2) is 4.18. The van der Waals surface area contributed by atoms with Gasteiger partial charge >= 0.3 is 0 Å². The van der Waals surface area contributed by atoms with E-state index in [4.69, 9.17) is 4.74 Å². The first-order valence-corrected chi connectivity index (χ1v) is 5.76. The maximum absolute atomic E-state index is 11.9. The molecule has 1 unspecified atom stereocenters. The molecular weight excluding hydrogens is 250 g/mol. The highest BCUT2D eigenvalue weighted by atomic mass is 16.6. The Kier molecular flexibility index (Phi) is 2.62. The van der Waals surface area contributed by atoms with Crippen LogP contribution in [-0.2, 0) is 9.53 Å². The minimum Gasteiger partial charge on any atom is -0.507 e. The largest absolute Gasteiger partial charge is 0.507 e. The number of aliphatic hydroxyl groups excluding tert-OH is 1. The molecule has 0 spiro atoms. The maximum atomic E-state index is 11.9. The van der Waals surface area contributed by atoms with Crippen LogP contribution in [-0.4, -0.2) is 40.2 Å². The Balaban J connectivity index is 1.80. The summed E-state index contributed by atoms with van der Waals surface area (Å²) in [5, 5.41) is 21.8. The molecule has 1 aliphatic heterocycles. The third-order valence-electron chi connectivity index (χ3n) is 3.14. The van der Waals surface area contributed by atoms with Crippen LogP contribution in [0.2, 0.25) is 0 Å². The van der Waals surface area contributed by atoms with Crippen LogP contribution in [0.5, 0.6) is 5.75 Å². The van der Waals surface area contributed by atoms with Crippen LogP contribution < -0.4 is 5.32 Å². The molecule has 1 fully saturated rings. The molecule has 1 aromatic rings. The predicted molar refractivity (Wildman–Crippen MR) is 63.3 cm³/mol. The van der Waals surface area contributed by atoms with Gasteiger partial charge in [0.1, 0.15) is 24.1 Å². The fourth-order valence-electron chi connectivity index (χ4n) is 2.06. The Bertz CT molecular complexity index is 594. The molecule has 1 aromatic carbocycles. The number of hydrogen-bond acceptors (Lipinski definition) is 5. The molecule has 1 aliphatic carbocycles. The van der Waals surface area contributed by atoms with Crippen LogP contribution in [0.15, 0.2) is 36.0 Å². The van der Waals surface area contributed by atoms with Crippen LogP contribution in [0.25, 0.3) is 0 Å². The SMILES string of the molecule is O=C(NC1=CC(=O)[C@H]2O[C@@H]2C1O)c1ccccc1O. The van der Waals surface area contributed by atoms with Crippen LogP contribution in [0.3, 0.4) is 0 Å². The summed E-state index contributed by atoms with van der Waals surface area (Å²) >= 11 is 0. The third-order valence-corrected chi connectivity index (χ3v) is 3.14. The molecule has 0 radical (unpaired) electrons. The van der Waals surface area contributed by atoms with E-state index in [0.717, 1.165) is 6.08 Å². The van der Waals surface area contributed by atoms with Crippen LogP contribution in [0.1, 0.15) is 10.4 Å². The van der Waals surface area contributed by atoms with Crippen molar-refractivity contribution in [2.24, 2.45) is 0 Å². The Morgan fingerprint density at radius 3 is 2.79 bits per heavy atom. The molecule has 1 amide bonds. The van der Waals surface area contributed by atoms with E-state index < -0.39 is 24.2 Å². The number of ketones is 1. The van der Waals surface area contributed by atoms with Crippen molar-refractivity contribution in [1.29, 1.82) is 0 Å². The van der Waals surface area contributed by atoms with Crippen molar-refractivity contribution in [3.05, 3.63) is 41.6 Å². The number of epoxide rings is 1. The van der Waals surface area contributed by atoms with E-state index in [2.05, 4.69) is 5.32 Å². The van der Waals surface area contributed by atoms with Crippen molar-refractivity contribution in [2.75, 3.05) is 0 Å². The van der Waals surface area contributed by atoms with Crippen molar-refractivity contribution < 1.29 is 24.5 Å². The van der Waals surface area contributed by atoms with Crippen molar-refractivity contribution in [1.82, 2.24) is 5.32 Å². The first-order chi connectivity index (χ1) is 9.08. The Morgan fingerprint density at radius 1 is 1.32 bits per heavy atom. The summed E-state index contributed by atoms with van der Waals surface area (Å²) in [5.41, 5.74) is 0.166. The van der Waals surface area contributed by atoms with E-state index in [9.17, 15) is 19.8 Å². The number of hydrogen-bond donors (Lipinski definition) is 3. The number of rotatable bonds is 2. The molecule has 2 aliphatic rings. The van der Waals surface area contributed by atoms with Crippen LogP contribution >= 0.6 is 0 Å². The van der Waals surface area contributed by atoms with Gasteiger partial charge in [0.2, 0.25) is 0 Å². The molecule has 19 heavy (non-hydrogen) atoms. The number of amides is 1. The summed E-state index contributed by atoms with van der Waals surface area (Å²) in [5.74, 6) is -1.03. The number of phenols is 1. The van der Waals surface area contributed by atoms with Gasteiger partial charge in [-0.1, -0.05) is 12.1 Å². The summed E-state index contributed by atoms with van der Waals surface area (Å²) in [6.07, 6.45) is -1.02. The van der Waals surface area contributed by atoms with Gasteiger partial charge in [-0.2, -0.15) is 0 Å². The van der Waals surface area contributed by atoms with E-state index in [0.29, 0.717) is 0 Å². The number of carbonyl (C=O) groups is 2. The molecule has 98 valence electrons. The number of para-hydroxylation sites is 1. The van der Waals surface area contributed by atoms with E-state index in [1.165, 1.54) is 12.1 Å². The van der Waals surface area contributed by atoms with Crippen molar-refractivity contribution in [3.63, 3.8) is 0 Å². The first-order valence-electron chi connectivity index (χ1n) is 5.76. The lowest BCUT2D eigenvalue weighted by molar-refractivity contribution is -0.116. The number of aliphatic hydroxyl groups is 1. The number of nitrogens with one attached hydrogen (secondary N) is 1. The van der Waals surface area contributed by atoms with Crippen molar-refractivity contribution in [2.45, 2.75) is 18.3 Å². The molecule has 1 saturated heterocycles. The Morgan fingerprint density at radius 2 is 2.05 bits per heavy atom. The second-order valence-corrected chi connectivity index (χ2v) is 4.44. The third kappa shape index (κ3) is 2.00. The lowest BCUT2D eigenvalue weighted by Crippen LogP contribution is -2.37. The molecule has 3 N–H and O–H groups in total. The quantitative estimate of drug-likeness (QED) is 0.636. The van der Waals surface area contributed by atoms with Gasteiger partial charge in [-0.25, -0.2) is 0 Å². The monoisotopic (exact) mass is 261 g/mol. The number of fused-ring (bicyclic) bond motifs is 1. The average molecular weight is 261 g/mol. The summed E-state index contributed by atoms with van der Waals surface area (Å²) in [7, 11) is 0. The lowest BCUT2D eigenvalue weighted by Gasteiger charge is -2.17. The Hall–Kier alpha value is -2.18. The highest BCUT2D eigenvalue weighted by Gasteiger charge is 2.53. The molecule has 3 atom stereocenters. The first kappa shape index (κ1) is 11.9. The van der Waals surface area contributed by atoms with Crippen molar-refractivity contribution >= 4 is 11.7 Å². The fourth-order valence-corrected chi connectivity index (χ4v) is 2.06. The van der Waals surface area contributed by atoms with Gasteiger partial charge in [0.25, 0.3) is 5.91 Å². The van der Waals surface area contributed by atoms with Gasteiger partial charge in [0, 0.05) is 6.08 Å². The molecule has 0 bridgehead atoms. The number of aromatic hydroxyl groups is 1. The normalized spacial score (nSPS) is 28.4. The molecule has 6 nitrogen and oxygen atoms in total. The minimum absolute atomic E-state index is 0.0712. The summed E-state index contributed by atoms with van der Waals surface area (Å²) in [4.78, 5) is 23.4. The predicted octanol–water partition coefficient (Wildman–Crippen LogP) is -0.283. The minimum atomic E-state index is -1.03. The number of carbonyl (C=O) groups excluding carboxylic acids is 2. The van der Waals surface area contributed by atoms with Gasteiger partial charge in [-0.15, -0.1) is 0 Å². The van der Waals surface area contributed by atoms with Crippen LogP contribution in [0.4, 0.5) is 0 Å². The Labute approximate surface area is 108 Å². The molecule has 0 saturated carbocycles. The van der Waals surface area contributed by atoms with Gasteiger partial charge in [-0.05, 0) is 12.1 Å². The topological polar surface area (TPSA) is 99.2 Å². The number of phenolic OH excluding ortho intramolecular Hbond substituents is 1. The second-order valence-electron chi connectivity index (χ2n) is 4.44. The van der Waals surface area contributed by atoms with Crippen molar-refractivity contribution in [3.8, 4) is 5.75 Å². The van der Waals surface area contributed by atoms with Gasteiger partial charge in [-0.3, -0.25) is 9.59 Å². The molecule has 6 heteroatoms. The van der Waals surface area contributed by atoms with Gasteiger partial charge in [0.05, 0.1) is 11.3 Å². The zero-order valence-electron chi connectivity index (χ0n) is 9.74. The molecular formula is C13H11NO5. The lowest BCUT2D eigenvalue weighted by atomic mass is 10.0. The molecule has 1 heterocycles. The summed E-state index contributed by atoms with van der Waals surface area (Å²) in [6.45, 7) is 0. The standard InChI is InChI=1S/C13H11NO5/c15-8-4-2-1-3-6(8)13(18)14-7-5-9(16)11-12(19-11)10(7)17/h1-5,10-12,15,17H,(H,14,18)/t10?,11-,12-/m1/s1. The molecule has 0 aromatic heterocycles. The zero-order chi connectivity index (χ0) is 13.6. The van der Waals surface area contributed by atoms with Crippen LogP contribution in [0, 0.1) is 0 Å². The highest BCUT2D eigenvalue weighted by Crippen LogP contribution is 2.33. The van der Waals surface area contributed by atoms with E-state index >= 15 is 0 Å². The zero-order valence-corrected chi connectivity index (χ0v) is 9.74. The fraction of sp³-hybridized carbons (Fsp3) is 0.231. The highest BCUT2D eigenvalue weighted by molar-refractivity contribution is 6.01. The van der Waals surface area contributed by atoms with E-state index in [1.54, 1.807) is 12.1 Å².